The Morgan fingerprint density at radius 2 is 1.73 bits per heavy atom. The fraction of sp³-hybridized carbons (Fsp3) is 1.00. The van der Waals surface area contributed by atoms with Crippen molar-refractivity contribution < 1.29 is 18.0 Å². The highest BCUT2D eigenvalue weighted by atomic mass is 32.2. The molecule has 0 aromatic rings. The topological polar surface area (TPSA) is 63.6 Å². The van der Waals surface area contributed by atoms with E-state index in [1.165, 1.54) is 6.92 Å². The van der Waals surface area contributed by atoms with Crippen LogP contribution in [0.25, 0.3) is 0 Å². The predicted octanol–water partition coefficient (Wildman–Crippen LogP) is 1.24. The van der Waals surface area contributed by atoms with Gasteiger partial charge >= 0.3 is 0 Å². The van der Waals surface area contributed by atoms with E-state index in [9.17, 15) is 8.42 Å². The van der Waals surface area contributed by atoms with Gasteiger partial charge in [-0.15, -0.1) is 4.33 Å². The van der Waals surface area contributed by atoms with Crippen molar-refractivity contribution in [1.82, 2.24) is 0 Å². The molecule has 0 aliphatic heterocycles. The van der Waals surface area contributed by atoms with E-state index in [0.717, 1.165) is 0 Å². The van der Waals surface area contributed by atoms with Gasteiger partial charge in [-0.1, -0.05) is 20.8 Å². The van der Waals surface area contributed by atoms with Gasteiger partial charge in [0, 0.05) is 0 Å². The Balaban J connectivity index is 4.64. The zero-order valence-electron chi connectivity index (χ0n) is 7.16. The third kappa shape index (κ3) is 2.76. The minimum absolute atomic E-state index is 0.429. The second kappa shape index (κ2) is 3.08. The largest absolute Gasteiger partial charge is 0.296 e. The van der Waals surface area contributed by atoms with Gasteiger partial charge in [-0.3, -0.25) is 0 Å². The normalized spacial score (nSPS) is 16.5. The molecule has 0 amide bonds. The lowest BCUT2D eigenvalue weighted by Gasteiger charge is -2.24. The minimum atomic E-state index is -3.80. The Morgan fingerprint density at radius 1 is 1.36 bits per heavy atom. The summed E-state index contributed by atoms with van der Waals surface area (Å²) >= 11 is 0. The molecule has 0 rings (SSSR count). The van der Waals surface area contributed by atoms with Crippen molar-refractivity contribution >= 4 is 10.1 Å². The highest BCUT2D eigenvalue weighted by Gasteiger charge is 2.33. The van der Waals surface area contributed by atoms with Gasteiger partial charge in [0.05, 0.1) is 5.25 Å². The summed E-state index contributed by atoms with van der Waals surface area (Å²) in [5.41, 5.74) is -0.429. The lowest BCUT2D eigenvalue weighted by Crippen LogP contribution is -2.32. The monoisotopic (exact) mass is 182 g/mol. The molecule has 0 spiro atoms. The summed E-state index contributed by atoms with van der Waals surface area (Å²) in [6, 6.07) is 0. The SMILES string of the molecule is CC(C(C)(C)C)S(=O)(=O)OO. The van der Waals surface area contributed by atoms with Crippen molar-refractivity contribution in [3.63, 3.8) is 0 Å². The molecule has 0 saturated carbocycles. The van der Waals surface area contributed by atoms with Crippen molar-refractivity contribution in [2.75, 3.05) is 0 Å². The molecule has 1 atom stereocenters. The van der Waals surface area contributed by atoms with Crippen LogP contribution in [0.4, 0.5) is 0 Å². The highest BCUT2D eigenvalue weighted by molar-refractivity contribution is 7.87. The van der Waals surface area contributed by atoms with Gasteiger partial charge in [-0.2, -0.15) is 8.42 Å². The lowest BCUT2D eigenvalue weighted by atomic mass is 9.93. The van der Waals surface area contributed by atoms with E-state index in [-0.39, 0.29) is 0 Å². The van der Waals surface area contributed by atoms with Gasteiger partial charge in [0.25, 0.3) is 10.1 Å². The van der Waals surface area contributed by atoms with Crippen LogP contribution in [0.3, 0.4) is 0 Å². The lowest BCUT2D eigenvalue weighted by molar-refractivity contribution is -0.132. The summed E-state index contributed by atoms with van der Waals surface area (Å²) in [4.78, 5) is 0. The average Bonchev–Trinajstić information content (AvgIpc) is 1.84. The Hall–Kier alpha value is -0.130. The van der Waals surface area contributed by atoms with Crippen molar-refractivity contribution in [3.8, 4) is 0 Å². The molecular formula is C6H14O4S. The van der Waals surface area contributed by atoms with Crippen molar-refractivity contribution in [1.29, 1.82) is 0 Å². The molecule has 68 valence electrons. The molecule has 0 radical (unpaired) electrons. The molecule has 0 bridgehead atoms. The molecule has 4 nitrogen and oxygen atoms in total. The van der Waals surface area contributed by atoms with Crippen molar-refractivity contribution in [2.24, 2.45) is 5.41 Å². The molecule has 0 heterocycles. The zero-order chi connectivity index (χ0) is 9.28. The third-order valence-corrected chi connectivity index (χ3v) is 3.54. The van der Waals surface area contributed by atoms with Crippen molar-refractivity contribution in [3.05, 3.63) is 0 Å². The number of hydrogen-bond donors (Lipinski definition) is 1. The molecule has 0 aromatic carbocycles. The van der Waals surface area contributed by atoms with Crippen LogP contribution in [-0.2, 0) is 14.5 Å². The van der Waals surface area contributed by atoms with E-state index >= 15 is 0 Å². The summed E-state index contributed by atoms with van der Waals surface area (Å²) in [6.07, 6.45) is 0. The van der Waals surface area contributed by atoms with E-state index in [1.54, 1.807) is 20.8 Å². The first-order valence-corrected chi connectivity index (χ1v) is 4.76. The fourth-order valence-electron chi connectivity index (χ4n) is 0.498. The minimum Gasteiger partial charge on any atom is -0.235 e. The van der Waals surface area contributed by atoms with E-state index in [4.69, 9.17) is 5.26 Å². The van der Waals surface area contributed by atoms with Crippen LogP contribution >= 0.6 is 0 Å². The zero-order valence-corrected chi connectivity index (χ0v) is 7.97. The van der Waals surface area contributed by atoms with Gasteiger partial charge in [0.15, 0.2) is 0 Å². The number of hydrogen-bond acceptors (Lipinski definition) is 4. The predicted molar refractivity (Wildman–Crippen MR) is 41.6 cm³/mol. The fourth-order valence-corrected chi connectivity index (χ4v) is 1.49. The molecule has 0 aromatic heterocycles. The van der Waals surface area contributed by atoms with Crippen LogP contribution < -0.4 is 0 Å². The van der Waals surface area contributed by atoms with Crippen LogP contribution in [0, 0.1) is 5.41 Å². The van der Waals surface area contributed by atoms with Crippen LogP contribution in [0.1, 0.15) is 27.7 Å². The second-order valence-corrected chi connectivity index (χ2v) is 5.42. The van der Waals surface area contributed by atoms with E-state index in [0.29, 0.717) is 0 Å². The summed E-state index contributed by atoms with van der Waals surface area (Å²) in [7, 11) is -3.80. The quantitative estimate of drug-likeness (QED) is 0.515. The van der Waals surface area contributed by atoms with E-state index < -0.39 is 20.8 Å². The van der Waals surface area contributed by atoms with Gasteiger partial charge in [0.1, 0.15) is 0 Å². The van der Waals surface area contributed by atoms with Crippen molar-refractivity contribution in [2.45, 2.75) is 32.9 Å². The first-order chi connectivity index (χ1) is 4.72. The highest BCUT2D eigenvalue weighted by Crippen LogP contribution is 2.25. The van der Waals surface area contributed by atoms with Crippen LogP contribution in [-0.4, -0.2) is 18.9 Å². The summed E-state index contributed by atoms with van der Waals surface area (Å²) in [6.45, 7) is 6.77. The molecule has 1 N–H and O–H groups in total. The molecule has 1 unspecified atom stereocenters. The van der Waals surface area contributed by atoms with E-state index in [1.807, 2.05) is 0 Å². The summed E-state index contributed by atoms with van der Waals surface area (Å²) < 4.78 is 25.1. The average molecular weight is 182 g/mol. The van der Waals surface area contributed by atoms with Crippen LogP contribution in [0.5, 0.6) is 0 Å². The molecule has 0 fully saturated rings. The van der Waals surface area contributed by atoms with Gasteiger partial charge in [-0.05, 0) is 12.3 Å². The van der Waals surface area contributed by atoms with E-state index in [2.05, 4.69) is 4.33 Å². The van der Waals surface area contributed by atoms with Gasteiger partial charge in [0.2, 0.25) is 0 Å². The maximum atomic E-state index is 10.9. The van der Waals surface area contributed by atoms with Crippen LogP contribution in [0.15, 0.2) is 0 Å². The first-order valence-electron chi connectivity index (χ1n) is 3.28. The Labute approximate surface area is 67.2 Å². The molecular weight excluding hydrogens is 168 g/mol. The second-order valence-electron chi connectivity index (χ2n) is 3.58. The molecule has 0 saturated heterocycles. The Kier molecular flexibility index (Phi) is 3.05. The Bertz CT molecular complexity index is 211. The molecule has 11 heavy (non-hydrogen) atoms. The molecule has 5 heteroatoms. The van der Waals surface area contributed by atoms with Gasteiger partial charge in [-0.25, -0.2) is 5.26 Å². The molecule has 0 aliphatic carbocycles. The third-order valence-electron chi connectivity index (χ3n) is 1.76. The Morgan fingerprint density at radius 3 is 1.82 bits per heavy atom. The summed E-state index contributed by atoms with van der Waals surface area (Å²) in [5.74, 6) is 0. The molecule has 0 aliphatic rings. The van der Waals surface area contributed by atoms with Gasteiger partial charge < -0.3 is 0 Å². The maximum Gasteiger partial charge on any atom is 0.296 e. The first kappa shape index (κ1) is 10.9. The maximum absolute atomic E-state index is 10.9. The smallest absolute Gasteiger partial charge is 0.235 e. The van der Waals surface area contributed by atoms with Crippen LogP contribution in [0.2, 0.25) is 0 Å². The number of rotatable bonds is 2. The summed E-state index contributed by atoms with van der Waals surface area (Å²) in [5, 5.41) is 7.32. The standard InChI is InChI=1S/C6H14O4S/c1-5(6(2,3)4)11(8,9)10-7/h5,7H,1-4H3.